The van der Waals surface area contributed by atoms with E-state index in [1.807, 2.05) is 7.05 Å². The first kappa shape index (κ1) is 15.5. The Morgan fingerprint density at radius 2 is 2.14 bits per heavy atom. The third kappa shape index (κ3) is 3.62. The van der Waals surface area contributed by atoms with Crippen LogP contribution >= 0.6 is 11.6 Å². The molecule has 0 unspecified atom stereocenters. The molecule has 0 bridgehead atoms. The Morgan fingerprint density at radius 1 is 1.43 bits per heavy atom. The van der Waals surface area contributed by atoms with E-state index < -0.39 is 15.7 Å². The number of halogens is 1. The molecule has 0 saturated carbocycles. The molecule has 0 spiro atoms. The van der Waals surface area contributed by atoms with Crippen LogP contribution in [0.4, 0.5) is 0 Å². The van der Waals surface area contributed by atoms with E-state index in [9.17, 15) is 13.2 Å². The fraction of sp³-hybridized carbons (Fsp3) is 0.231. The summed E-state index contributed by atoms with van der Waals surface area (Å²) >= 11 is 5.96. The number of nitrogens with zero attached hydrogens (tertiary/aromatic N) is 2. The van der Waals surface area contributed by atoms with Crippen LogP contribution < -0.4 is 5.32 Å². The van der Waals surface area contributed by atoms with Crippen molar-refractivity contribution in [1.82, 2.24) is 14.9 Å². The number of hydrogen-bond acceptors (Lipinski definition) is 4. The van der Waals surface area contributed by atoms with Gasteiger partial charge in [-0.25, -0.2) is 13.4 Å². The monoisotopic (exact) mass is 327 g/mol. The summed E-state index contributed by atoms with van der Waals surface area (Å²) in [5.74, 6) is 0.229. The number of imidazole rings is 1. The van der Waals surface area contributed by atoms with Crippen molar-refractivity contribution < 1.29 is 13.2 Å². The molecule has 112 valence electrons. The van der Waals surface area contributed by atoms with Crippen LogP contribution in [0.2, 0.25) is 5.02 Å². The van der Waals surface area contributed by atoms with Crippen LogP contribution in [0, 0.1) is 0 Å². The summed E-state index contributed by atoms with van der Waals surface area (Å²) in [5.41, 5.74) is 0.119. The second-order valence-electron chi connectivity index (χ2n) is 4.55. The number of aromatic nitrogens is 2. The lowest BCUT2D eigenvalue weighted by Gasteiger charge is -2.08. The van der Waals surface area contributed by atoms with Gasteiger partial charge in [-0.15, -0.1) is 0 Å². The van der Waals surface area contributed by atoms with Gasteiger partial charge in [-0.05, 0) is 18.2 Å². The van der Waals surface area contributed by atoms with E-state index >= 15 is 0 Å². The van der Waals surface area contributed by atoms with Crippen molar-refractivity contribution in [1.29, 1.82) is 0 Å². The molecule has 21 heavy (non-hydrogen) atoms. The molecule has 0 aliphatic carbocycles. The molecule has 0 aliphatic rings. The highest BCUT2D eigenvalue weighted by atomic mass is 35.5. The predicted molar refractivity (Wildman–Crippen MR) is 78.9 cm³/mol. The average molecular weight is 328 g/mol. The fourth-order valence-electron chi connectivity index (χ4n) is 1.73. The molecule has 0 fully saturated rings. The highest BCUT2D eigenvalue weighted by molar-refractivity contribution is 7.90. The van der Waals surface area contributed by atoms with Crippen LogP contribution in [0.15, 0.2) is 35.5 Å². The summed E-state index contributed by atoms with van der Waals surface area (Å²) in [6, 6.07) is 4.03. The zero-order valence-electron chi connectivity index (χ0n) is 11.5. The maximum Gasteiger partial charge on any atom is 0.253 e. The maximum absolute atomic E-state index is 12.1. The van der Waals surface area contributed by atoms with E-state index in [0.29, 0.717) is 5.82 Å². The quantitative estimate of drug-likeness (QED) is 0.920. The molecule has 1 amide bonds. The lowest BCUT2D eigenvalue weighted by Crippen LogP contribution is -2.25. The highest BCUT2D eigenvalue weighted by Gasteiger charge is 2.15. The lowest BCUT2D eigenvalue weighted by molar-refractivity contribution is 0.0949. The van der Waals surface area contributed by atoms with Crippen molar-refractivity contribution >= 4 is 27.3 Å². The normalized spacial score (nSPS) is 11.4. The molecule has 1 N–H and O–H groups in total. The first-order valence-electron chi connectivity index (χ1n) is 6.03. The summed E-state index contributed by atoms with van der Waals surface area (Å²) in [5, 5.41) is 2.85. The molecule has 1 aromatic heterocycles. The molecule has 8 heteroatoms. The van der Waals surface area contributed by atoms with E-state index in [4.69, 9.17) is 11.6 Å². The number of rotatable bonds is 4. The van der Waals surface area contributed by atoms with Gasteiger partial charge in [-0.1, -0.05) is 11.6 Å². The van der Waals surface area contributed by atoms with E-state index in [1.165, 1.54) is 18.2 Å². The minimum atomic E-state index is -3.40. The SMILES string of the molecule is Cn1ccnc1CNC(=O)c1cc(S(C)(=O)=O)ccc1Cl. The molecule has 1 heterocycles. The van der Waals surface area contributed by atoms with Crippen LogP contribution in [0.1, 0.15) is 16.2 Å². The highest BCUT2D eigenvalue weighted by Crippen LogP contribution is 2.20. The second kappa shape index (κ2) is 5.87. The van der Waals surface area contributed by atoms with Gasteiger partial charge >= 0.3 is 0 Å². The van der Waals surface area contributed by atoms with Crippen molar-refractivity contribution in [3.8, 4) is 0 Å². The summed E-state index contributed by atoms with van der Waals surface area (Å²) in [4.78, 5) is 16.3. The Morgan fingerprint density at radius 3 is 2.71 bits per heavy atom. The molecular formula is C13H14ClN3O3S. The molecule has 1 aromatic carbocycles. The Balaban J connectivity index is 2.21. The van der Waals surface area contributed by atoms with E-state index in [2.05, 4.69) is 10.3 Å². The van der Waals surface area contributed by atoms with Gasteiger partial charge in [0.2, 0.25) is 0 Å². The molecule has 0 atom stereocenters. The Kier molecular flexibility index (Phi) is 4.34. The molecule has 6 nitrogen and oxygen atoms in total. The number of hydrogen-bond donors (Lipinski definition) is 1. The summed E-state index contributed by atoms with van der Waals surface area (Å²) < 4.78 is 24.8. The molecule has 2 rings (SSSR count). The van der Waals surface area contributed by atoms with Crippen LogP contribution in [0.25, 0.3) is 0 Å². The smallest absolute Gasteiger partial charge is 0.253 e. The Labute approximate surface area is 127 Å². The molecular weight excluding hydrogens is 314 g/mol. The van der Waals surface area contributed by atoms with E-state index in [1.54, 1.807) is 17.0 Å². The summed E-state index contributed by atoms with van der Waals surface area (Å²) in [7, 11) is -1.58. The number of carbonyl (C=O) groups is 1. The number of nitrogens with one attached hydrogen (secondary N) is 1. The second-order valence-corrected chi connectivity index (χ2v) is 6.97. The zero-order chi connectivity index (χ0) is 15.6. The average Bonchev–Trinajstić information content (AvgIpc) is 2.80. The maximum atomic E-state index is 12.1. The molecule has 0 aliphatic heterocycles. The standard InChI is InChI=1S/C13H14ClN3O3S/c1-17-6-5-15-12(17)8-16-13(18)10-7-9(21(2,19)20)3-4-11(10)14/h3-7H,8H2,1-2H3,(H,16,18). The van der Waals surface area contributed by atoms with Crippen molar-refractivity contribution in [2.45, 2.75) is 11.4 Å². The molecule has 0 saturated heterocycles. The van der Waals surface area contributed by atoms with E-state index in [-0.39, 0.29) is 22.0 Å². The van der Waals surface area contributed by atoms with Gasteiger partial charge in [-0.2, -0.15) is 0 Å². The summed E-state index contributed by atoms with van der Waals surface area (Å²) in [6.45, 7) is 0.224. The predicted octanol–water partition coefficient (Wildman–Crippen LogP) is 1.41. The van der Waals surface area contributed by atoms with Crippen LogP contribution in [-0.2, 0) is 23.4 Å². The minimum Gasteiger partial charge on any atom is -0.345 e. The van der Waals surface area contributed by atoms with Crippen molar-refractivity contribution in [2.75, 3.05) is 6.26 Å². The van der Waals surface area contributed by atoms with Gasteiger partial charge < -0.3 is 9.88 Å². The van der Waals surface area contributed by atoms with Crippen molar-refractivity contribution in [2.24, 2.45) is 7.05 Å². The molecule has 2 aromatic rings. The van der Waals surface area contributed by atoms with Crippen LogP contribution in [-0.4, -0.2) is 30.1 Å². The topological polar surface area (TPSA) is 81.1 Å². The van der Waals surface area contributed by atoms with Crippen LogP contribution in [0.3, 0.4) is 0 Å². The third-order valence-electron chi connectivity index (χ3n) is 2.94. The van der Waals surface area contributed by atoms with Gasteiger partial charge in [-0.3, -0.25) is 4.79 Å². The Hall–Kier alpha value is -1.86. The van der Waals surface area contributed by atoms with Gasteiger partial charge in [0.15, 0.2) is 9.84 Å². The number of sulfone groups is 1. The van der Waals surface area contributed by atoms with Gasteiger partial charge in [0.25, 0.3) is 5.91 Å². The van der Waals surface area contributed by atoms with Crippen molar-refractivity contribution in [3.05, 3.63) is 47.0 Å². The number of aryl methyl sites for hydroxylation is 1. The van der Waals surface area contributed by atoms with Gasteiger partial charge in [0.1, 0.15) is 5.82 Å². The van der Waals surface area contributed by atoms with Gasteiger partial charge in [0, 0.05) is 25.7 Å². The van der Waals surface area contributed by atoms with Crippen LogP contribution in [0.5, 0.6) is 0 Å². The first-order valence-corrected chi connectivity index (χ1v) is 8.30. The fourth-order valence-corrected chi connectivity index (χ4v) is 2.58. The number of carbonyl (C=O) groups excluding carboxylic acids is 1. The van der Waals surface area contributed by atoms with E-state index in [0.717, 1.165) is 6.26 Å². The lowest BCUT2D eigenvalue weighted by atomic mass is 10.2. The van der Waals surface area contributed by atoms with Crippen molar-refractivity contribution in [3.63, 3.8) is 0 Å². The third-order valence-corrected chi connectivity index (χ3v) is 4.38. The largest absolute Gasteiger partial charge is 0.345 e. The Bertz CT molecular complexity index is 784. The van der Waals surface area contributed by atoms with Gasteiger partial charge in [0.05, 0.1) is 22.0 Å². The zero-order valence-corrected chi connectivity index (χ0v) is 13.1. The minimum absolute atomic E-state index is 0.0500. The first-order chi connectivity index (χ1) is 9.79. The number of amides is 1. The summed E-state index contributed by atoms with van der Waals surface area (Å²) in [6.07, 6.45) is 4.46. The number of benzene rings is 1. The molecule has 0 radical (unpaired) electrons.